The normalized spacial score (nSPS) is 10.6. The second kappa shape index (κ2) is 10.4. The predicted molar refractivity (Wildman–Crippen MR) is 132 cm³/mol. The molecule has 0 unspecified atom stereocenters. The van der Waals surface area contributed by atoms with Crippen molar-refractivity contribution in [2.24, 2.45) is 0 Å². The minimum atomic E-state index is -0.716. The third-order valence-corrected chi connectivity index (χ3v) is 6.29. The largest absolute Gasteiger partial charge is 0.465 e. The van der Waals surface area contributed by atoms with Crippen molar-refractivity contribution in [3.05, 3.63) is 76.3 Å². The number of hydrogen-bond acceptors (Lipinski definition) is 9. The van der Waals surface area contributed by atoms with Gasteiger partial charge in [-0.2, -0.15) is 5.10 Å². The number of rotatable bonds is 7. The average Bonchev–Trinajstić information content (AvgIpc) is 3.47. The Hall–Kier alpha value is -4.51. The fourth-order valence-corrected chi connectivity index (χ4v) is 4.54. The van der Waals surface area contributed by atoms with E-state index in [0.29, 0.717) is 4.88 Å². The van der Waals surface area contributed by atoms with Gasteiger partial charge < -0.3 is 19.5 Å². The molecule has 11 heteroatoms. The van der Waals surface area contributed by atoms with E-state index in [-0.39, 0.29) is 16.8 Å². The second-order valence-electron chi connectivity index (χ2n) is 7.53. The van der Waals surface area contributed by atoms with Gasteiger partial charge in [0.2, 0.25) is 0 Å². The minimum absolute atomic E-state index is 0.0197. The van der Waals surface area contributed by atoms with Crippen LogP contribution in [0.5, 0.6) is 0 Å². The fourth-order valence-electron chi connectivity index (χ4n) is 3.46. The number of hydrogen-bond donors (Lipinski definition) is 1. The lowest BCUT2D eigenvalue weighted by molar-refractivity contribution is -0.119. The number of anilines is 1. The summed E-state index contributed by atoms with van der Waals surface area (Å²) in [7, 11) is 2.40. The SMILES string of the molecule is COC(=O)c1ccc(C(=O)OC)c(NC(=O)COC(=O)c2cc3c(C)nn(-c4ccccc4)c3s2)c1. The third-order valence-electron chi connectivity index (χ3n) is 5.20. The molecule has 0 bridgehead atoms. The van der Waals surface area contributed by atoms with Crippen molar-refractivity contribution >= 4 is 51.1 Å². The zero-order valence-corrected chi connectivity index (χ0v) is 20.4. The van der Waals surface area contributed by atoms with Crippen molar-refractivity contribution in [2.75, 3.05) is 26.1 Å². The molecule has 0 fully saturated rings. The number of thiophene rings is 1. The Labute approximate surface area is 209 Å². The highest BCUT2D eigenvalue weighted by atomic mass is 32.1. The van der Waals surface area contributed by atoms with Gasteiger partial charge in [0.05, 0.1) is 42.4 Å². The van der Waals surface area contributed by atoms with E-state index in [4.69, 9.17) is 9.47 Å². The summed E-state index contributed by atoms with van der Waals surface area (Å²) in [5, 5.41) is 7.82. The molecule has 10 nitrogen and oxygen atoms in total. The molecule has 2 heterocycles. The zero-order valence-electron chi connectivity index (χ0n) is 19.6. The standard InChI is InChI=1S/C25H21N3O7S/c1-14-18-12-20(36-22(18)28(27-14)16-7-5-4-6-8-16)25(32)35-13-21(29)26-19-11-15(23(30)33-2)9-10-17(19)24(31)34-3/h4-12H,13H2,1-3H3,(H,26,29). The number of carbonyl (C=O) groups excluding carboxylic acids is 4. The maximum atomic E-state index is 12.7. The van der Waals surface area contributed by atoms with Crippen LogP contribution >= 0.6 is 11.3 Å². The number of nitrogens with one attached hydrogen (secondary N) is 1. The van der Waals surface area contributed by atoms with Gasteiger partial charge in [-0.1, -0.05) is 18.2 Å². The van der Waals surface area contributed by atoms with E-state index >= 15 is 0 Å². The average molecular weight is 508 g/mol. The topological polar surface area (TPSA) is 126 Å². The van der Waals surface area contributed by atoms with Crippen LogP contribution < -0.4 is 5.32 Å². The van der Waals surface area contributed by atoms with Crippen LogP contribution in [0.4, 0.5) is 5.69 Å². The molecule has 0 atom stereocenters. The van der Waals surface area contributed by atoms with Crippen molar-refractivity contribution in [1.29, 1.82) is 0 Å². The Morgan fingerprint density at radius 1 is 0.944 bits per heavy atom. The van der Waals surface area contributed by atoms with Crippen LogP contribution in [0.25, 0.3) is 15.9 Å². The lowest BCUT2D eigenvalue weighted by atomic mass is 10.1. The molecule has 0 aliphatic rings. The first-order valence-corrected chi connectivity index (χ1v) is 11.5. The van der Waals surface area contributed by atoms with Crippen molar-refractivity contribution in [2.45, 2.75) is 6.92 Å². The van der Waals surface area contributed by atoms with Gasteiger partial charge in [-0.05, 0) is 43.3 Å². The number of para-hydroxylation sites is 1. The highest BCUT2D eigenvalue weighted by Gasteiger charge is 2.21. The predicted octanol–water partition coefficient (Wildman–Crippen LogP) is 3.76. The van der Waals surface area contributed by atoms with E-state index in [1.807, 2.05) is 37.3 Å². The van der Waals surface area contributed by atoms with E-state index in [1.165, 1.54) is 43.8 Å². The number of nitrogens with zero attached hydrogens (tertiary/aromatic N) is 2. The highest BCUT2D eigenvalue weighted by Crippen LogP contribution is 2.30. The van der Waals surface area contributed by atoms with Gasteiger partial charge in [0.15, 0.2) is 6.61 Å². The van der Waals surface area contributed by atoms with Crippen molar-refractivity contribution in [3.63, 3.8) is 0 Å². The van der Waals surface area contributed by atoms with Crippen molar-refractivity contribution in [1.82, 2.24) is 9.78 Å². The Morgan fingerprint density at radius 3 is 2.36 bits per heavy atom. The summed E-state index contributed by atoms with van der Waals surface area (Å²) in [5.41, 5.74) is 1.77. The molecule has 0 spiro atoms. The van der Waals surface area contributed by atoms with Gasteiger partial charge in [0, 0.05) is 5.39 Å². The Morgan fingerprint density at radius 2 is 1.67 bits per heavy atom. The number of carbonyl (C=O) groups is 4. The van der Waals surface area contributed by atoms with Gasteiger partial charge in [-0.3, -0.25) is 4.79 Å². The number of ether oxygens (including phenoxy) is 3. The minimum Gasteiger partial charge on any atom is -0.465 e. The van der Waals surface area contributed by atoms with E-state index in [2.05, 4.69) is 15.2 Å². The van der Waals surface area contributed by atoms with Gasteiger partial charge in [0.25, 0.3) is 5.91 Å². The van der Waals surface area contributed by atoms with Gasteiger partial charge in [-0.15, -0.1) is 11.3 Å². The van der Waals surface area contributed by atoms with Gasteiger partial charge in [0.1, 0.15) is 9.71 Å². The number of esters is 3. The summed E-state index contributed by atoms with van der Waals surface area (Å²) in [6.07, 6.45) is 0. The Kier molecular flexibility index (Phi) is 7.11. The van der Waals surface area contributed by atoms with E-state index in [9.17, 15) is 19.2 Å². The summed E-state index contributed by atoms with van der Waals surface area (Å²) in [6, 6.07) is 15.2. The maximum Gasteiger partial charge on any atom is 0.348 e. The van der Waals surface area contributed by atoms with E-state index in [0.717, 1.165) is 21.6 Å². The molecule has 0 aliphatic carbocycles. The molecule has 0 radical (unpaired) electrons. The molecule has 2 aromatic heterocycles. The quantitative estimate of drug-likeness (QED) is 0.296. The maximum absolute atomic E-state index is 12.7. The molecule has 1 amide bonds. The summed E-state index contributed by atoms with van der Waals surface area (Å²) in [6.45, 7) is 1.23. The molecule has 0 aliphatic heterocycles. The van der Waals surface area contributed by atoms with E-state index in [1.54, 1.807) is 10.7 Å². The number of fused-ring (bicyclic) bond motifs is 1. The van der Waals surface area contributed by atoms with Gasteiger partial charge in [-0.25, -0.2) is 19.1 Å². The molecule has 184 valence electrons. The van der Waals surface area contributed by atoms with E-state index < -0.39 is 30.4 Å². The van der Waals surface area contributed by atoms with Crippen LogP contribution in [0.2, 0.25) is 0 Å². The molecule has 0 saturated heterocycles. The number of amides is 1. The van der Waals surface area contributed by atoms with Crippen LogP contribution in [-0.4, -0.2) is 54.4 Å². The molecular weight excluding hydrogens is 486 g/mol. The Balaban J connectivity index is 1.48. The lowest BCUT2D eigenvalue weighted by Gasteiger charge is -2.11. The zero-order chi connectivity index (χ0) is 25.8. The van der Waals surface area contributed by atoms with Crippen LogP contribution in [0.15, 0.2) is 54.6 Å². The molecule has 1 N–H and O–H groups in total. The molecule has 36 heavy (non-hydrogen) atoms. The summed E-state index contributed by atoms with van der Waals surface area (Å²) >= 11 is 1.20. The first-order chi connectivity index (χ1) is 17.3. The molecule has 4 rings (SSSR count). The summed E-state index contributed by atoms with van der Waals surface area (Å²) in [4.78, 5) is 50.2. The highest BCUT2D eigenvalue weighted by molar-refractivity contribution is 7.20. The first-order valence-electron chi connectivity index (χ1n) is 10.6. The monoisotopic (exact) mass is 507 g/mol. The second-order valence-corrected chi connectivity index (χ2v) is 8.56. The van der Waals surface area contributed by atoms with Crippen LogP contribution in [0.1, 0.15) is 36.1 Å². The number of methoxy groups -OCH3 is 2. The summed E-state index contributed by atoms with van der Waals surface area (Å²) in [5.74, 6) is -2.75. The van der Waals surface area contributed by atoms with Crippen molar-refractivity contribution < 1.29 is 33.4 Å². The molecule has 4 aromatic rings. The van der Waals surface area contributed by atoms with Crippen molar-refractivity contribution in [3.8, 4) is 5.69 Å². The third kappa shape index (κ3) is 4.96. The van der Waals surface area contributed by atoms with Crippen LogP contribution in [-0.2, 0) is 19.0 Å². The van der Waals surface area contributed by atoms with Crippen LogP contribution in [0, 0.1) is 6.92 Å². The smallest absolute Gasteiger partial charge is 0.348 e. The Bertz CT molecular complexity index is 1470. The number of benzene rings is 2. The molecular formula is C25H21N3O7S. The fraction of sp³-hybridized carbons (Fsp3) is 0.160. The lowest BCUT2D eigenvalue weighted by Crippen LogP contribution is -2.22. The first kappa shape index (κ1) is 24.6. The number of aryl methyl sites for hydroxylation is 1. The van der Waals surface area contributed by atoms with Crippen LogP contribution in [0.3, 0.4) is 0 Å². The van der Waals surface area contributed by atoms with Gasteiger partial charge >= 0.3 is 17.9 Å². The molecule has 2 aromatic carbocycles. The molecule has 0 saturated carbocycles. The summed E-state index contributed by atoms with van der Waals surface area (Å²) < 4.78 is 16.3. The number of aromatic nitrogens is 2.